The van der Waals surface area contributed by atoms with Crippen LogP contribution in [0.25, 0.3) is 0 Å². The number of allylic oxidation sites excluding steroid dienone is 2. The van der Waals surface area contributed by atoms with Crippen LogP contribution in [0.5, 0.6) is 0 Å². The van der Waals surface area contributed by atoms with Gasteiger partial charge >= 0.3 is 0 Å². The van der Waals surface area contributed by atoms with Gasteiger partial charge in [0.1, 0.15) is 0 Å². The largest absolute Gasteiger partial charge is 0.375 e. The van der Waals surface area contributed by atoms with Crippen LogP contribution in [0.4, 0.5) is 0 Å². The molecule has 0 fully saturated rings. The highest BCUT2D eigenvalue weighted by atomic mass is 32.2. The second-order valence-corrected chi connectivity index (χ2v) is 4.24. The molecular weight excluding hydrogens is 192 g/mol. The Morgan fingerprint density at radius 3 is 2.54 bits per heavy atom. The van der Waals surface area contributed by atoms with Crippen molar-refractivity contribution in [3.63, 3.8) is 0 Å². The number of hydrogen-bond acceptors (Lipinski definition) is 3. The Hall–Kier alpha value is -0.390. The van der Waals surface area contributed by atoms with Gasteiger partial charge in [-0.15, -0.1) is 0 Å². The van der Waals surface area contributed by atoms with Crippen LogP contribution in [0.1, 0.15) is 26.2 Å². The first-order chi connectivity index (χ1) is 5.98. The van der Waals surface area contributed by atoms with E-state index in [2.05, 4.69) is 0 Å². The molecule has 0 aliphatic rings. The first-order valence-electron chi connectivity index (χ1n) is 4.07. The number of unbranched alkanes of at least 4 members (excludes halogenated alkanes) is 2. The molecule has 77 valence electrons. The van der Waals surface area contributed by atoms with Crippen LogP contribution in [-0.4, -0.2) is 23.5 Å². The van der Waals surface area contributed by atoms with Gasteiger partial charge in [0.25, 0.3) is 10.1 Å². The monoisotopic (exact) mass is 207 g/mol. The van der Waals surface area contributed by atoms with Gasteiger partial charge in [0, 0.05) is 0 Å². The Kier molecular flexibility index (Phi) is 5.94. The number of aliphatic hydroxyl groups is 1. The summed E-state index contributed by atoms with van der Waals surface area (Å²) in [5.74, 6) is 0. The first-order valence-corrected chi connectivity index (χ1v) is 5.57. The quantitative estimate of drug-likeness (QED) is 0.506. The maximum Gasteiger partial charge on any atom is 0.291 e. The van der Waals surface area contributed by atoms with Gasteiger partial charge in [-0.25, -0.2) is 0 Å². The zero-order chi connectivity index (χ0) is 10.3. The van der Waals surface area contributed by atoms with E-state index < -0.39 is 15.6 Å². The number of hydrogen-bond donors (Lipinski definition) is 2. The second kappa shape index (κ2) is 6.12. The lowest BCUT2D eigenvalue weighted by atomic mass is 10.2. The van der Waals surface area contributed by atoms with E-state index in [0.717, 1.165) is 0 Å². The van der Waals surface area contributed by atoms with Crippen molar-refractivity contribution in [3.05, 3.63) is 18.6 Å². The lowest BCUT2D eigenvalue weighted by Crippen LogP contribution is -2.19. The van der Waals surface area contributed by atoms with E-state index in [1.165, 1.54) is 0 Å². The molecule has 4 nitrogen and oxygen atoms in total. The molecule has 5 heteroatoms. The normalized spacial score (nSPS) is 15.0. The fourth-order valence-corrected chi connectivity index (χ4v) is 1.26. The zero-order valence-corrected chi connectivity index (χ0v) is 8.37. The average Bonchev–Trinajstić information content (AvgIpc) is 2.02. The minimum Gasteiger partial charge on any atom is -0.375 e. The first kappa shape index (κ1) is 12.6. The number of rotatable bonds is 6. The van der Waals surface area contributed by atoms with Crippen molar-refractivity contribution in [3.8, 4) is 0 Å². The van der Waals surface area contributed by atoms with Crippen molar-refractivity contribution >= 4 is 10.1 Å². The standard InChI is InChI=1S/C8H15O4S/c1-2-3-4-5-6-7-8(9)13(10,11)12/h2-4,8-9H,5-7H2,1H3,(H,10,11,12). The van der Waals surface area contributed by atoms with Gasteiger partial charge in [0.15, 0.2) is 5.44 Å². The molecule has 1 unspecified atom stereocenters. The molecular formula is C8H15O4S. The summed E-state index contributed by atoms with van der Waals surface area (Å²) in [6.45, 7) is 1.88. The summed E-state index contributed by atoms with van der Waals surface area (Å²) in [6.07, 6.45) is 6.87. The SMILES string of the molecule is CC=C[CH]CCCC(O)S(=O)(=O)O. The van der Waals surface area contributed by atoms with Crippen molar-refractivity contribution in [2.75, 3.05) is 0 Å². The Balaban J connectivity index is 3.55. The van der Waals surface area contributed by atoms with Crippen molar-refractivity contribution in [1.82, 2.24) is 0 Å². The molecule has 0 saturated heterocycles. The third-order valence-corrected chi connectivity index (χ3v) is 2.42. The van der Waals surface area contributed by atoms with Crippen LogP contribution in [0.2, 0.25) is 0 Å². The van der Waals surface area contributed by atoms with Gasteiger partial charge in [-0.3, -0.25) is 4.55 Å². The third-order valence-electron chi connectivity index (χ3n) is 1.49. The minimum absolute atomic E-state index is 0.0624. The smallest absolute Gasteiger partial charge is 0.291 e. The van der Waals surface area contributed by atoms with Crippen LogP contribution >= 0.6 is 0 Å². The average molecular weight is 207 g/mol. The Bertz CT molecular complexity index is 243. The molecule has 0 heterocycles. The summed E-state index contributed by atoms with van der Waals surface area (Å²) >= 11 is 0. The van der Waals surface area contributed by atoms with Crippen LogP contribution in [0.15, 0.2) is 12.2 Å². The van der Waals surface area contributed by atoms with Gasteiger partial charge in [0.05, 0.1) is 0 Å². The van der Waals surface area contributed by atoms with Gasteiger partial charge in [-0.05, 0) is 32.6 Å². The summed E-state index contributed by atoms with van der Waals surface area (Å²) < 4.78 is 29.1. The van der Waals surface area contributed by atoms with E-state index in [1.807, 2.05) is 25.5 Å². The van der Waals surface area contributed by atoms with Crippen molar-refractivity contribution in [1.29, 1.82) is 0 Å². The molecule has 1 atom stereocenters. The highest BCUT2D eigenvalue weighted by Gasteiger charge is 2.17. The summed E-state index contributed by atoms with van der Waals surface area (Å²) in [5.41, 5.74) is -1.65. The van der Waals surface area contributed by atoms with E-state index in [4.69, 9.17) is 9.66 Å². The molecule has 0 amide bonds. The van der Waals surface area contributed by atoms with Crippen LogP contribution in [0.3, 0.4) is 0 Å². The van der Waals surface area contributed by atoms with Gasteiger partial charge in [-0.2, -0.15) is 8.42 Å². The molecule has 0 aromatic heterocycles. The summed E-state index contributed by atoms with van der Waals surface area (Å²) in [5, 5.41) is 8.87. The fourth-order valence-electron chi connectivity index (χ4n) is 0.792. The molecule has 0 aliphatic carbocycles. The predicted molar refractivity (Wildman–Crippen MR) is 50.5 cm³/mol. The Labute approximate surface area is 79.0 Å². The summed E-state index contributed by atoms with van der Waals surface area (Å²) in [6, 6.07) is 0. The maximum atomic E-state index is 10.3. The molecule has 0 bridgehead atoms. The van der Waals surface area contributed by atoms with Crippen molar-refractivity contribution < 1.29 is 18.1 Å². The van der Waals surface area contributed by atoms with Crippen molar-refractivity contribution in [2.24, 2.45) is 0 Å². The molecule has 0 saturated carbocycles. The van der Waals surface area contributed by atoms with Gasteiger partial charge < -0.3 is 5.11 Å². The molecule has 0 aliphatic heterocycles. The maximum absolute atomic E-state index is 10.3. The summed E-state index contributed by atoms with van der Waals surface area (Å²) in [4.78, 5) is 0. The Morgan fingerprint density at radius 1 is 1.46 bits per heavy atom. The van der Waals surface area contributed by atoms with E-state index in [0.29, 0.717) is 12.8 Å². The molecule has 0 aromatic carbocycles. The highest BCUT2D eigenvalue weighted by Crippen LogP contribution is 2.07. The zero-order valence-electron chi connectivity index (χ0n) is 7.55. The van der Waals surface area contributed by atoms with Crippen LogP contribution in [-0.2, 0) is 10.1 Å². The minimum atomic E-state index is -4.27. The van der Waals surface area contributed by atoms with Gasteiger partial charge in [0.2, 0.25) is 0 Å². The van der Waals surface area contributed by atoms with E-state index in [1.54, 1.807) is 0 Å². The molecule has 13 heavy (non-hydrogen) atoms. The third kappa shape index (κ3) is 6.74. The highest BCUT2D eigenvalue weighted by molar-refractivity contribution is 7.86. The van der Waals surface area contributed by atoms with Crippen LogP contribution < -0.4 is 0 Å². The van der Waals surface area contributed by atoms with Crippen molar-refractivity contribution in [2.45, 2.75) is 31.6 Å². The predicted octanol–water partition coefficient (Wildman–Crippen LogP) is 1.14. The lowest BCUT2D eigenvalue weighted by molar-refractivity contribution is 0.221. The Morgan fingerprint density at radius 2 is 2.08 bits per heavy atom. The molecule has 0 aromatic rings. The molecule has 2 N–H and O–H groups in total. The van der Waals surface area contributed by atoms with E-state index >= 15 is 0 Å². The topological polar surface area (TPSA) is 74.6 Å². The van der Waals surface area contributed by atoms with E-state index in [9.17, 15) is 8.42 Å². The molecule has 0 spiro atoms. The van der Waals surface area contributed by atoms with E-state index in [-0.39, 0.29) is 6.42 Å². The number of aliphatic hydroxyl groups excluding tert-OH is 1. The van der Waals surface area contributed by atoms with Crippen LogP contribution in [0, 0.1) is 6.42 Å². The van der Waals surface area contributed by atoms with Gasteiger partial charge in [-0.1, -0.05) is 12.2 Å². The fraction of sp³-hybridized carbons (Fsp3) is 0.625. The molecule has 0 rings (SSSR count). The lowest BCUT2D eigenvalue weighted by Gasteiger charge is -2.05. The summed E-state index contributed by atoms with van der Waals surface area (Å²) in [7, 11) is -4.27. The second-order valence-electron chi connectivity index (χ2n) is 2.66. The molecule has 1 radical (unpaired) electrons.